The summed E-state index contributed by atoms with van der Waals surface area (Å²) in [6.45, 7) is 2.28. The van der Waals surface area contributed by atoms with E-state index in [1.54, 1.807) is 0 Å². The molecule has 1 saturated carbocycles. The maximum Gasteiger partial charge on any atom is 0.201 e. The molecule has 1 aromatic carbocycles. The summed E-state index contributed by atoms with van der Waals surface area (Å²) in [7, 11) is 0. The smallest absolute Gasteiger partial charge is 0.201 e. The Morgan fingerprint density at radius 3 is 3.05 bits per heavy atom. The molecule has 0 amide bonds. The molecule has 1 aliphatic rings. The zero-order valence-corrected chi connectivity index (χ0v) is 12.0. The fourth-order valence-electron chi connectivity index (χ4n) is 3.34. The van der Waals surface area contributed by atoms with E-state index in [2.05, 4.69) is 16.5 Å². The molecule has 0 radical (unpaired) electrons. The lowest BCUT2D eigenvalue weighted by Gasteiger charge is -2.30. The van der Waals surface area contributed by atoms with Gasteiger partial charge in [-0.3, -0.25) is 0 Å². The maximum atomic E-state index is 6.13. The van der Waals surface area contributed by atoms with E-state index < -0.39 is 0 Å². The minimum absolute atomic E-state index is 0.474. The topological polar surface area (TPSA) is 43.8 Å². The van der Waals surface area contributed by atoms with Crippen LogP contribution in [0.5, 0.6) is 0 Å². The van der Waals surface area contributed by atoms with Crippen LogP contribution < -0.4 is 5.73 Å². The summed E-state index contributed by atoms with van der Waals surface area (Å²) in [6, 6.07) is 6.28. The lowest BCUT2D eigenvalue weighted by molar-refractivity contribution is 0.267. The van der Waals surface area contributed by atoms with Crippen molar-refractivity contribution in [2.45, 2.75) is 45.1 Å². The molecule has 1 aliphatic carbocycles. The van der Waals surface area contributed by atoms with Crippen LogP contribution in [0, 0.1) is 5.92 Å². The van der Waals surface area contributed by atoms with Crippen LogP contribution in [0.4, 0.5) is 5.95 Å². The van der Waals surface area contributed by atoms with Crippen LogP contribution in [0.3, 0.4) is 0 Å². The Bertz CT molecular complexity index is 590. The van der Waals surface area contributed by atoms with Gasteiger partial charge in [0.15, 0.2) is 0 Å². The van der Waals surface area contributed by atoms with E-state index >= 15 is 0 Å². The number of hydrogen-bond donors (Lipinski definition) is 1. The summed E-state index contributed by atoms with van der Waals surface area (Å²) in [5.74, 6) is 1.44. The first-order chi connectivity index (χ1) is 9.19. The van der Waals surface area contributed by atoms with Gasteiger partial charge in [-0.15, -0.1) is 0 Å². The number of halogens is 1. The summed E-state index contributed by atoms with van der Waals surface area (Å²) < 4.78 is 2.20. The van der Waals surface area contributed by atoms with Gasteiger partial charge in [-0.1, -0.05) is 37.8 Å². The van der Waals surface area contributed by atoms with Crippen LogP contribution in [0.2, 0.25) is 5.02 Å². The van der Waals surface area contributed by atoms with Crippen LogP contribution in [-0.2, 0) is 0 Å². The number of hydrogen-bond acceptors (Lipinski definition) is 2. The van der Waals surface area contributed by atoms with Crippen molar-refractivity contribution in [3.05, 3.63) is 23.2 Å². The molecule has 2 N–H and O–H groups in total. The lowest BCUT2D eigenvalue weighted by atomic mass is 9.84. The summed E-state index contributed by atoms with van der Waals surface area (Å²) in [6.07, 6.45) is 6.28. The van der Waals surface area contributed by atoms with Crippen molar-refractivity contribution in [1.82, 2.24) is 9.55 Å². The van der Waals surface area contributed by atoms with Crippen LogP contribution in [0.1, 0.15) is 45.1 Å². The first kappa shape index (κ1) is 12.8. The molecule has 1 fully saturated rings. The van der Waals surface area contributed by atoms with Crippen LogP contribution in [-0.4, -0.2) is 9.55 Å². The molecule has 0 bridgehead atoms. The van der Waals surface area contributed by atoms with Crippen molar-refractivity contribution in [3.8, 4) is 0 Å². The van der Waals surface area contributed by atoms with Crippen LogP contribution in [0.15, 0.2) is 18.2 Å². The number of nitrogens with two attached hydrogens (primary N) is 1. The number of nitrogen functional groups attached to an aromatic ring is 1. The molecule has 2 atom stereocenters. The van der Waals surface area contributed by atoms with E-state index in [1.807, 2.05) is 18.2 Å². The third-order valence-corrected chi connectivity index (χ3v) is 4.61. The monoisotopic (exact) mass is 277 g/mol. The van der Waals surface area contributed by atoms with Crippen LogP contribution in [0.25, 0.3) is 11.0 Å². The molecule has 0 aliphatic heterocycles. The van der Waals surface area contributed by atoms with Crippen LogP contribution >= 0.6 is 11.6 Å². The average molecular weight is 278 g/mol. The van der Waals surface area contributed by atoms with E-state index in [1.165, 1.54) is 32.1 Å². The predicted octanol–water partition coefficient (Wildman–Crippen LogP) is 4.41. The van der Waals surface area contributed by atoms with E-state index in [0.717, 1.165) is 22.0 Å². The van der Waals surface area contributed by atoms with Crippen molar-refractivity contribution in [2.24, 2.45) is 5.92 Å². The Labute approximate surface area is 118 Å². The standard InChI is InChI=1S/C15H20ClN3/c1-2-10-4-3-5-12(8-10)19-14-9-11(16)6-7-13(14)18-15(19)17/h6-7,9-10,12H,2-5,8H2,1H3,(H2,17,18). The van der Waals surface area contributed by atoms with Crippen molar-refractivity contribution in [2.75, 3.05) is 5.73 Å². The Morgan fingerprint density at radius 1 is 1.42 bits per heavy atom. The summed E-state index contributed by atoms with van der Waals surface area (Å²) in [5.41, 5.74) is 8.15. The number of aromatic nitrogens is 2. The van der Waals surface area contributed by atoms with E-state index in [0.29, 0.717) is 12.0 Å². The Balaban J connectivity index is 2.03. The summed E-state index contributed by atoms with van der Waals surface area (Å²) >= 11 is 6.11. The lowest BCUT2D eigenvalue weighted by Crippen LogP contribution is -2.20. The number of fused-ring (bicyclic) bond motifs is 1. The molecule has 0 spiro atoms. The third kappa shape index (κ3) is 2.32. The zero-order valence-electron chi connectivity index (χ0n) is 11.3. The van der Waals surface area contributed by atoms with Gasteiger partial charge in [0.05, 0.1) is 11.0 Å². The summed E-state index contributed by atoms with van der Waals surface area (Å²) in [4.78, 5) is 4.46. The second-order valence-corrected chi connectivity index (χ2v) is 6.00. The SMILES string of the molecule is CCC1CCCC(n2c(N)nc3ccc(Cl)cc32)C1. The number of rotatable bonds is 2. The molecular formula is C15H20ClN3. The number of anilines is 1. The van der Waals surface area contributed by atoms with Gasteiger partial charge in [0.1, 0.15) is 0 Å². The van der Waals surface area contributed by atoms with Gasteiger partial charge >= 0.3 is 0 Å². The van der Waals surface area contributed by atoms with Gasteiger partial charge in [-0.25, -0.2) is 4.98 Å². The molecule has 0 saturated heterocycles. The first-order valence-corrected chi connectivity index (χ1v) is 7.49. The Kier molecular flexibility index (Phi) is 3.40. The second kappa shape index (κ2) is 5.04. The van der Waals surface area contributed by atoms with Gasteiger partial charge in [0, 0.05) is 11.1 Å². The highest BCUT2D eigenvalue weighted by Gasteiger charge is 2.25. The normalized spacial score (nSPS) is 23.9. The second-order valence-electron chi connectivity index (χ2n) is 5.57. The quantitative estimate of drug-likeness (QED) is 0.883. The number of nitrogens with zero attached hydrogens (tertiary/aromatic N) is 2. The number of imidazole rings is 1. The predicted molar refractivity (Wildman–Crippen MR) is 80.4 cm³/mol. The minimum atomic E-state index is 0.474. The molecule has 2 aromatic rings. The van der Waals surface area contributed by atoms with Gasteiger partial charge in [0.2, 0.25) is 5.95 Å². The molecule has 3 nitrogen and oxygen atoms in total. The molecule has 19 heavy (non-hydrogen) atoms. The molecule has 1 heterocycles. The van der Waals surface area contributed by atoms with Gasteiger partial charge in [-0.2, -0.15) is 0 Å². The highest BCUT2D eigenvalue weighted by atomic mass is 35.5. The fourth-order valence-corrected chi connectivity index (χ4v) is 3.50. The molecule has 102 valence electrons. The highest BCUT2D eigenvalue weighted by molar-refractivity contribution is 6.31. The summed E-state index contributed by atoms with van der Waals surface area (Å²) in [5, 5.41) is 0.747. The van der Waals surface area contributed by atoms with Gasteiger partial charge in [0.25, 0.3) is 0 Å². The zero-order chi connectivity index (χ0) is 13.4. The van der Waals surface area contributed by atoms with Crippen molar-refractivity contribution < 1.29 is 0 Å². The molecular weight excluding hydrogens is 258 g/mol. The van der Waals surface area contributed by atoms with Crippen molar-refractivity contribution >= 4 is 28.6 Å². The Hall–Kier alpha value is -1.22. The fraction of sp³-hybridized carbons (Fsp3) is 0.533. The van der Waals surface area contributed by atoms with E-state index in [4.69, 9.17) is 17.3 Å². The van der Waals surface area contributed by atoms with E-state index in [9.17, 15) is 0 Å². The van der Waals surface area contributed by atoms with Crippen molar-refractivity contribution in [1.29, 1.82) is 0 Å². The average Bonchev–Trinajstić information content (AvgIpc) is 2.74. The van der Waals surface area contributed by atoms with E-state index in [-0.39, 0.29) is 0 Å². The molecule has 3 rings (SSSR count). The van der Waals surface area contributed by atoms with Gasteiger partial charge in [-0.05, 0) is 37.0 Å². The molecule has 1 aromatic heterocycles. The Morgan fingerprint density at radius 2 is 2.26 bits per heavy atom. The maximum absolute atomic E-state index is 6.13. The minimum Gasteiger partial charge on any atom is -0.369 e. The molecule has 2 unspecified atom stereocenters. The highest BCUT2D eigenvalue weighted by Crippen LogP contribution is 2.37. The first-order valence-electron chi connectivity index (χ1n) is 7.12. The third-order valence-electron chi connectivity index (χ3n) is 4.38. The number of benzene rings is 1. The van der Waals surface area contributed by atoms with Gasteiger partial charge < -0.3 is 10.3 Å². The molecule has 4 heteroatoms. The largest absolute Gasteiger partial charge is 0.369 e. The van der Waals surface area contributed by atoms with Crippen molar-refractivity contribution in [3.63, 3.8) is 0 Å².